The molecule has 19 heavy (non-hydrogen) atoms. The van der Waals surface area contributed by atoms with Crippen molar-refractivity contribution in [3.8, 4) is 0 Å². The standard InChI is InChI=1S/C15H22N2O2/c1-10(2)14-7-6-13(9-15(14)17(18)19)8-11(3)12(4)16-5/h6-10,12,16H,1-5H3/b11-8+. The Bertz CT molecular complexity index is 493. The second-order valence-corrected chi connectivity index (χ2v) is 5.13. The summed E-state index contributed by atoms with van der Waals surface area (Å²) in [5.41, 5.74) is 3.00. The Morgan fingerprint density at radius 3 is 2.47 bits per heavy atom. The number of nitro benzene ring substituents is 1. The van der Waals surface area contributed by atoms with Gasteiger partial charge >= 0.3 is 0 Å². The van der Waals surface area contributed by atoms with Crippen molar-refractivity contribution in [1.82, 2.24) is 5.32 Å². The summed E-state index contributed by atoms with van der Waals surface area (Å²) < 4.78 is 0. The van der Waals surface area contributed by atoms with Gasteiger partial charge in [-0.2, -0.15) is 0 Å². The number of rotatable bonds is 5. The fourth-order valence-electron chi connectivity index (χ4n) is 1.91. The SMILES string of the molecule is CNC(C)/C(C)=C/c1ccc(C(C)C)c([N+](=O)[O-])c1. The summed E-state index contributed by atoms with van der Waals surface area (Å²) in [4.78, 5) is 10.8. The van der Waals surface area contributed by atoms with E-state index in [0.717, 1.165) is 16.7 Å². The van der Waals surface area contributed by atoms with Crippen molar-refractivity contribution < 1.29 is 4.92 Å². The lowest BCUT2D eigenvalue weighted by molar-refractivity contribution is -0.385. The number of benzene rings is 1. The first-order valence-electron chi connectivity index (χ1n) is 6.50. The van der Waals surface area contributed by atoms with Crippen molar-refractivity contribution in [3.63, 3.8) is 0 Å². The Balaban J connectivity index is 3.19. The van der Waals surface area contributed by atoms with E-state index < -0.39 is 0 Å². The number of likely N-dealkylation sites (N-methyl/N-ethyl adjacent to an activating group) is 1. The Hall–Kier alpha value is -1.68. The highest BCUT2D eigenvalue weighted by molar-refractivity contribution is 5.59. The number of nitro groups is 1. The second kappa shape index (κ2) is 6.48. The van der Waals surface area contributed by atoms with Crippen LogP contribution < -0.4 is 5.32 Å². The van der Waals surface area contributed by atoms with Crippen LogP contribution in [0.25, 0.3) is 6.08 Å². The largest absolute Gasteiger partial charge is 0.314 e. The molecule has 4 heteroatoms. The quantitative estimate of drug-likeness (QED) is 0.649. The zero-order chi connectivity index (χ0) is 14.6. The minimum absolute atomic E-state index is 0.149. The summed E-state index contributed by atoms with van der Waals surface area (Å²) in [5, 5.41) is 14.3. The molecule has 1 atom stereocenters. The molecular weight excluding hydrogens is 240 g/mol. The van der Waals surface area contributed by atoms with Gasteiger partial charge in [-0.05, 0) is 32.4 Å². The van der Waals surface area contributed by atoms with Crippen LogP contribution in [0.15, 0.2) is 23.8 Å². The van der Waals surface area contributed by atoms with Gasteiger partial charge in [0, 0.05) is 17.7 Å². The molecule has 0 amide bonds. The highest BCUT2D eigenvalue weighted by Crippen LogP contribution is 2.28. The fourth-order valence-corrected chi connectivity index (χ4v) is 1.91. The van der Waals surface area contributed by atoms with Crippen LogP contribution in [-0.4, -0.2) is 18.0 Å². The molecule has 1 rings (SSSR count). The van der Waals surface area contributed by atoms with Gasteiger partial charge in [-0.15, -0.1) is 0 Å². The van der Waals surface area contributed by atoms with Gasteiger partial charge in [0.15, 0.2) is 0 Å². The average molecular weight is 262 g/mol. The maximum Gasteiger partial charge on any atom is 0.273 e. The van der Waals surface area contributed by atoms with E-state index in [1.54, 1.807) is 6.07 Å². The summed E-state index contributed by atoms with van der Waals surface area (Å²) >= 11 is 0. The highest BCUT2D eigenvalue weighted by atomic mass is 16.6. The normalized spacial score (nSPS) is 13.7. The first kappa shape index (κ1) is 15.4. The highest BCUT2D eigenvalue weighted by Gasteiger charge is 2.16. The topological polar surface area (TPSA) is 55.2 Å². The van der Waals surface area contributed by atoms with Crippen LogP contribution in [0, 0.1) is 10.1 Å². The zero-order valence-corrected chi connectivity index (χ0v) is 12.2. The van der Waals surface area contributed by atoms with E-state index in [1.165, 1.54) is 0 Å². The molecule has 0 aliphatic heterocycles. The van der Waals surface area contributed by atoms with Crippen molar-refractivity contribution in [3.05, 3.63) is 45.0 Å². The molecule has 1 aromatic carbocycles. The Labute approximate surface area is 114 Å². The van der Waals surface area contributed by atoms with Crippen molar-refractivity contribution in [2.45, 2.75) is 39.7 Å². The summed E-state index contributed by atoms with van der Waals surface area (Å²) in [6, 6.07) is 5.70. The lowest BCUT2D eigenvalue weighted by Gasteiger charge is -2.11. The predicted molar refractivity (Wildman–Crippen MR) is 79.4 cm³/mol. The van der Waals surface area contributed by atoms with Crippen LogP contribution in [0.4, 0.5) is 5.69 Å². The lowest BCUT2D eigenvalue weighted by atomic mass is 9.98. The van der Waals surface area contributed by atoms with E-state index in [-0.39, 0.29) is 22.6 Å². The molecule has 104 valence electrons. The first-order valence-corrected chi connectivity index (χ1v) is 6.50. The van der Waals surface area contributed by atoms with E-state index in [0.29, 0.717) is 0 Å². The molecule has 0 aromatic heterocycles. The van der Waals surface area contributed by atoms with Gasteiger partial charge in [0.1, 0.15) is 0 Å². The lowest BCUT2D eigenvalue weighted by Crippen LogP contribution is -2.21. The number of hydrogen-bond donors (Lipinski definition) is 1. The van der Waals surface area contributed by atoms with E-state index in [4.69, 9.17) is 0 Å². The predicted octanol–water partition coefficient (Wildman–Crippen LogP) is 3.73. The van der Waals surface area contributed by atoms with Crippen LogP contribution in [-0.2, 0) is 0 Å². The molecule has 1 unspecified atom stereocenters. The van der Waals surface area contributed by atoms with Gasteiger partial charge in [0.05, 0.1) is 4.92 Å². The van der Waals surface area contributed by atoms with Gasteiger partial charge in [0.2, 0.25) is 0 Å². The maximum atomic E-state index is 11.1. The van der Waals surface area contributed by atoms with Crippen LogP contribution in [0.1, 0.15) is 44.7 Å². The average Bonchev–Trinajstić information content (AvgIpc) is 2.37. The van der Waals surface area contributed by atoms with Crippen molar-refractivity contribution in [2.75, 3.05) is 7.05 Å². The van der Waals surface area contributed by atoms with Crippen LogP contribution in [0.2, 0.25) is 0 Å². The third-order valence-electron chi connectivity index (χ3n) is 3.38. The molecule has 0 aliphatic carbocycles. The summed E-state index contributed by atoms with van der Waals surface area (Å²) in [6.07, 6.45) is 1.98. The number of hydrogen-bond acceptors (Lipinski definition) is 3. The molecule has 0 heterocycles. The molecule has 0 saturated carbocycles. The molecular formula is C15H22N2O2. The molecule has 0 saturated heterocycles. The smallest absolute Gasteiger partial charge is 0.273 e. The first-order chi connectivity index (χ1) is 8.86. The summed E-state index contributed by atoms with van der Waals surface area (Å²) in [7, 11) is 1.90. The van der Waals surface area contributed by atoms with Crippen molar-refractivity contribution >= 4 is 11.8 Å². The monoisotopic (exact) mass is 262 g/mol. The van der Waals surface area contributed by atoms with Gasteiger partial charge in [-0.1, -0.05) is 37.6 Å². The molecule has 0 fully saturated rings. The molecule has 0 bridgehead atoms. The van der Waals surface area contributed by atoms with Crippen LogP contribution in [0.5, 0.6) is 0 Å². The molecule has 4 nitrogen and oxygen atoms in total. The maximum absolute atomic E-state index is 11.1. The summed E-state index contributed by atoms with van der Waals surface area (Å²) in [5.74, 6) is 0.149. The Kier molecular flexibility index (Phi) is 5.24. The van der Waals surface area contributed by atoms with Crippen molar-refractivity contribution in [2.24, 2.45) is 0 Å². The fraction of sp³-hybridized carbons (Fsp3) is 0.467. The zero-order valence-electron chi connectivity index (χ0n) is 12.2. The van der Waals surface area contributed by atoms with E-state index in [9.17, 15) is 10.1 Å². The number of nitrogens with one attached hydrogen (secondary N) is 1. The number of nitrogens with zero attached hydrogens (tertiary/aromatic N) is 1. The van der Waals surface area contributed by atoms with Gasteiger partial charge in [-0.25, -0.2) is 0 Å². The third-order valence-corrected chi connectivity index (χ3v) is 3.38. The van der Waals surface area contributed by atoms with E-state index in [2.05, 4.69) is 12.2 Å². The van der Waals surface area contributed by atoms with Crippen LogP contribution >= 0.6 is 0 Å². The molecule has 1 aromatic rings. The van der Waals surface area contributed by atoms with Crippen molar-refractivity contribution in [1.29, 1.82) is 0 Å². The van der Waals surface area contributed by atoms with Crippen LogP contribution in [0.3, 0.4) is 0 Å². The third kappa shape index (κ3) is 3.89. The minimum Gasteiger partial charge on any atom is -0.314 e. The van der Waals surface area contributed by atoms with Gasteiger partial charge < -0.3 is 5.32 Å². The minimum atomic E-state index is -0.302. The van der Waals surface area contributed by atoms with E-state index >= 15 is 0 Å². The van der Waals surface area contributed by atoms with Gasteiger partial charge in [0.25, 0.3) is 5.69 Å². The van der Waals surface area contributed by atoms with E-state index in [1.807, 2.05) is 46.0 Å². The molecule has 1 N–H and O–H groups in total. The molecule has 0 radical (unpaired) electrons. The Morgan fingerprint density at radius 2 is 2.00 bits per heavy atom. The second-order valence-electron chi connectivity index (χ2n) is 5.13. The molecule has 0 spiro atoms. The molecule has 0 aliphatic rings. The Morgan fingerprint density at radius 1 is 1.37 bits per heavy atom. The summed E-state index contributed by atoms with van der Waals surface area (Å²) in [6.45, 7) is 8.00. The van der Waals surface area contributed by atoms with Gasteiger partial charge in [-0.3, -0.25) is 10.1 Å².